The van der Waals surface area contributed by atoms with Crippen LogP contribution in [0, 0.1) is 5.82 Å². The van der Waals surface area contributed by atoms with Gasteiger partial charge in [-0.25, -0.2) is 4.39 Å². The molecule has 3 N–H and O–H groups in total. The van der Waals surface area contributed by atoms with Crippen LogP contribution in [0.4, 0.5) is 15.8 Å². The van der Waals surface area contributed by atoms with Crippen LogP contribution in [0.5, 0.6) is 5.75 Å². The number of halogens is 1. The zero-order valence-corrected chi connectivity index (χ0v) is 15.4. The number of aromatic nitrogens is 2. The highest BCUT2D eigenvalue weighted by Crippen LogP contribution is 2.45. The first-order valence-electron chi connectivity index (χ1n) is 9.28. The van der Waals surface area contributed by atoms with Crippen molar-refractivity contribution in [3.63, 3.8) is 0 Å². The van der Waals surface area contributed by atoms with E-state index in [-0.39, 0.29) is 5.82 Å². The number of benzene rings is 2. The first kappa shape index (κ1) is 17.1. The van der Waals surface area contributed by atoms with E-state index in [1.807, 2.05) is 35.4 Å². The van der Waals surface area contributed by atoms with Gasteiger partial charge < -0.3 is 20.1 Å². The minimum atomic E-state index is -0.759. The van der Waals surface area contributed by atoms with Crippen molar-refractivity contribution >= 4 is 11.4 Å². The summed E-state index contributed by atoms with van der Waals surface area (Å²) in [7, 11) is 1.52. The van der Waals surface area contributed by atoms with Gasteiger partial charge in [-0.3, -0.25) is 5.10 Å². The van der Waals surface area contributed by atoms with E-state index >= 15 is 0 Å². The molecule has 2 aromatic carbocycles. The molecule has 2 aliphatic rings. The molecular formula is C21H21FN4O2. The number of fused-ring (bicyclic) bond motifs is 1. The van der Waals surface area contributed by atoms with E-state index in [0.717, 1.165) is 16.8 Å². The Morgan fingerprint density at radius 3 is 2.79 bits per heavy atom. The van der Waals surface area contributed by atoms with Crippen molar-refractivity contribution < 1.29 is 14.2 Å². The highest BCUT2D eigenvalue weighted by atomic mass is 19.1. The maximum Gasteiger partial charge on any atom is 0.150 e. The van der Waals surface area contributed by atoms with Crippen molar-refractivity contribution in [1.29, 1.82) is 0 Å². The van der Waals surface area contributed by atoms with Crippen LogP contribution >= 0.6 is 0 Å². The van der Waals surface area contributed by atoms with Crippen molar-refractivity contribution in [3.05, 3.63) is 60.2 Å². The minimum absolute atomic E-state index is 0.297. The minimum Gasteiger partial charge on any atom is -0.497 e. The molecule has 1 aromatic heterocycles. The molecule has 0 bridgehead atoms. The first-order chi connectivity index (χ1) is 13.6. The van der Waals surface area contributed by atoms with Crippen LogP contribution < -0.4 is 15.0 Å². The highest BCUT2D eigenvalue weighted by Gasteiger charge is 2.51. The van der Waals surface area contributed by atoms with Gasteiger partial charge in [-0.2, -0.15) is 5.10 Å². The summed E-state index contributed by atoms with van der Waals surface area (Å²) in [6.07, 6.45) is 4.02. The van der Waals surface area contributed by atoms with E-state index in [9.17, 15) is 9.50 Å². The average molecular weight is 380 g/mol. The lowest BCUT2D eigenvalue weighted by atomic mass is 9.92. The molecule has 1 spiro atoms. The van der Waals surface area contributed by atoms with Crippen LogP contribution in [-0.2, 0) is 6.42 Å². The number of rotatable bonds is 3. The standard InChI is InChI=1S/C21H21FN4O2/c1-28-16-8-18(22)17-10-21(25-19(17)9-16)6-7-26(20(21)27)15-4-2-13(3-5-15)14-11-23-24-12-14/h2-5,8-9,11-12,20,25,27H,6-7,10H2,1H3,(H,23,24). The Kier molecular flexibility index (Phi) is 3.80. The zero-order chi connectivity index (χ0) is 19.3. The van der Waals surface area contributed by atoms with Crippen LogP contribution in [0.2, 0.25) is 0 Å². The third-order valence-corrected chi connectivity index (χ3v) is 5.90. The lowest BCUT2D eigenvalue weighted by molar-refractivity contribution is 0.126. The summed E-state index contributed by atoms with van der Waals surface area (Å²) in [5, 5.41) is 21.3. The number of aliphatic hydroxyl groups excluding tert-OH is 1. The van der Waals surface area contributed by atoms with Crippen molar-refractivity contribution in [2.45, 2.75) is 24.6 Å². The number of nitrogens with zero attached hydrogens (tertiary/aromatic N) is 2. The normalized spacial score (nSPS) is 23.1. The molecule has 2 atom stereocenters. The summed E-state index contributed by atoms with van der Waals surface area (Å²) in [5.74, 6) is 0.175. The van der Waals surface area contributed by atoms with Gasteiger partial charge in [-0.1, -0.05) is 12.1 Å². The molecule has 1 fully saturated rings. The Balaban J connectivity index is 1.40. The van der Waals surface area contributed by atoms with E-state index < -0.39 is 11.8 Å². The average Bonchev–Trinajstić information content (AvgIpc) is 3.43. The van der Waals surface area contributed by atoms with Crippen molar-refractivity contribution in [1.82, 2.24) is 10.2 Å². The molecule has 0 radical (unpaired) electrons. The molecule has 0 saturated carbocycles. The maximum absolute atomic E-state index is 14.5. The van der Waals surface area contributed by atoms with Gasteiger partial charge in [0.1, 0.15) is 11.6 Å². The Labute approximate surface area is 162 Å². The number of methoxy groups -OCH3 is 1. The van der Waals surface area contributed by atoms with E-state index in [0.29, 0.717) is 36.4 Å². The Bertz CT molecular complexity index is 1010. The highest BCUT2D eigenvalue weighted by molar-refractivity contribution is 5.67. The summed E-state index contributed by atoms with van der Waals surface area (Å²) >= 11 is 0. The summed E-state index contributed by atoms with van der Waals surface area (Å²) in [5.41, 5.74) is 3.72. The Morgan fingerprint density at radius 1 is 1.25 bits per heavy atom. The number of hydrogen-bond donors (Lipinski definition) is 3. The second-order valence-corrected chi connectivity index (χ2v) is 7.44. The lowest BCUT2D eigenvalue weighted by Crippen LogP contribution is -2.49. The predicted molar refractivity (Wildman–Crippen MR) is 105 cm³/mol. The Morgan fingerprint density at radius 2 is 2.07 bits per heavy atom. The van der Waals surface area contributed by atoms with Gasteiger partial charge in [0.25, 0.3) is 0 Å². The summed E-state index contributed by atoms with van der Waals surface area (Å²) in [4.78, 5) is 1.97. The molecule has 2 unspecified atom stereocenters. The van der Waals surface area contributed by atoms with Crippen LogP contribution in [0.1, 0.15) is 12.0 Å². The van der Waals surface area contributed by atoms with Crippen molar-refractivity contribution in [2.24, 2.45) is 0 Å². The number of anilines is 2. The molecule has 3 aromatic rings. The van der Waals surface area contributed by atoms with Gasteiger partial charge in [-0.05, 0) is 24.1 Å². The summed E-state index contributed by atoms with van der Waals surface area (Å²) in [6.45, 7) is 0.686. The molecule has 5 rings (SSSR count). The third kappa shape index (κ3) is 2.54. The summed E-state index contributed by atoms with van der Waals surface area (Å²) < 4.78 is 19.6. The number of H-pyrrole nitrogens is 1. The fourth-order valence-electron chi connectivity index (χ4n) is 4.35. The predicted octanol–water partition coefficient (Wildman–Crippen LogP) is 3.16. The van der Waals surface area contributed by atoms with E-state index in [1.165, 1.54) is 13.2 Å². The molecule has 144 valence electrons. The molecule has 6 nitrogen and oxygen atoms in total. The number of hydrogen-bond acceptors (Lipinski definition) is 5. The molecule has 28 heavy (non-hydrogen) atoms. The van der Waals surface area contributed by atoms with Crippen LogP contribution in [-0.4, -0.2) is 40.7 Å². The molecule has 1 saturated heterocycles. The monoisotopic (exact) mass is 380 g/mol. The molecule has 2 aliphatic heterocycles. The van der Waals surface area contributed by atoms with Gasteiger partial charge in [-0.15, -0.1) is 0 Å². The van der Waals surface area contributed by atoms with Gasteiger partial charge >= 0.3 is 0 Å². The van der Waals surface area contributed by atoms with Gasteiger partial charge in [0, 0.05) is 53.8 Å². The third-order valence-electron chi connectivity index (χ3n) is 5.90. The maximum atomic E-state index is 14.5. The van der Waals surface area contributed by atoms with Crippen LogP contribution in [0.25, 0.3) is 11.1 Å². The number of ether oxygens (including phenoxy) is 1. The van der Waals surface area contributed by atoms with E-state index in [2.05, 4.69) is 15.5 Å². The lowest BCUT2D eigenvalue weighted by Gasteiger charge is -2.32. The topological polar surface area (TPSA) is 73.4 Å². The SMILES string of the molecule is COc1cc(F)c2c(c1)NC1(CCN(c3ccc(-c4cn[nH]c4)cc3)C1O)C2. The van der Waals surface area contributed by atoms with Gasteiger partial charge in [0.05, 0.1) is 18.8 Å². The Hall–Kier alpha value is -3.06. The molecule has 7 heteroatoms. The fraction of sp³-hybridized carbons (Fsp3) is 0.286. The van der Waals surface area contributed by atoms with Crippen LogP contribution in [0.3, 0.4) is 0 Å². The van der Waals surface area contributed by atoms with Crippen molar-refractivity contribution in [2.75, 3.05) is 23.9 Å². The van der Waals surface area contributed by atoms with E-state index in [4.69, 9.17) is 4.74 Å². The second kappa shape index (κ2) is 6.24. The molecule has 0 aliphatic carbocycles. The summed E-state index contributed by atoms with van der Waals surface area (Å²) in [6, 6.07) is 11.2. The zero-order valence-electron chi connectivity index (χ0n) is 15.4. The quantitative estimate of drug-likeness (QED) is 0.651. The number of nitrogens with one attached hydrogen (secondary N) is 2. The smallest absolute Gasteiger partial charge is 0.150 e. The molecule has 3 heterocycles. The van der Waals surface area contributed by atoms with Crippen molar-refractivity contribution in [3.8, 4) is 16.9 Å². The number of aliphatic hydroxyl groups is 1. The second-order valence-electron chi connectivity index (χ2n) is 7.44. The van der Waals surface area contributed by atoms with Gasteiger partial charge in [0.15, 0.2) is 6.23 Å². The largest absolute Gasteiger partial charge is 0.497 e. The van der Waals surface area contributed by atoms with E-state index in [1.54, 1.807) is 12.3 Å². The first-order valence-corrected chi connectivity index (χ1v) is 9.28. The molecule has 0 amide bonds. The fourth-order valence-corrected chi connectivity index (χ4v) is 4.35. The molecular weight excluding hydrogens is 359 g/mol. The van der Waals surface area contributed by atoms with Crippen LogP contribution in [0.15, 0.2) is 48.8 Å². The van der Waals surface area contributed by atoms with Gasteiger partial charge in [0.2, 0.25) is 0 Å². The number of aromatic amines is 1.